The number of methoxy groups -OCH3 is 1. The number of nitrogens with zero attached hydrogens (tertiary/aromatic N) is 2. The maximum absolute atomic E-state index is 12.2. The summed E-state index contributed by atoms with van der Waals surface area (Å²) in [5.41, 5.74) is 0. The maximum atomic E-state index is 12.2. The minimum atomic E-state index is -1.04. The molecule has 0 aromatic heterocycles. The first kappa shape index (κ1) is 16.2. The van der Waals surface area contributed by atoms with Crippen molar-refractivity contribution in [3.8, 4) is 0 Å². The molecule has 2 atom stereocenters. The lowest BCUT2D eigenvalue weighted by Crippen LogP contribution is -2.47. The van der Waals surface area contributed by atoms with Gasteiger partial charge in [-0.05, 0) is 0 Å². The Kier molecular flexibility index (Phi) is 5.75. The molecular formula is C12H21N3O5. The lowest BCUT2D eigenvalue weighted by Gasteiger charge is -2.27. The van der Waals surface area contributed by atoms with Gasteiger partial charge in [-0.15, -0.1) is 0 Å². The van der Waals surface area contributed by atoms with Crippen molar-refractivity contribution in [3.63, 3.8) is 0 Å². The van der Waals surface area contributed by atoms with Crippen molar-refractivity contribution in [3.05, 3.63) is 0 Å². The molecule has 1 fully saturated rings. The van der Waals surface area contributed by atoms with Gasteiger partial charge in [0, 0.05) is 47.1 Å². The molecule has 8 nitrogen and oxygen atoms in total. The number of likely N-dealkylation sites (tertiary alicyclic amines) is 1. The summed E-state index contributed by atoms with van der Waals surface area (Å²) in [6.07, 6.45) is 0.186. The van der Waals surface area contributed by atoms with Gasteiger partial charge >= 0.3 is 12.0 Å². The smallest absolute Gasteiger partial charge is 0.326 e. The Hall–Kier alpha value is -1.83. The number of urea groups is 1. The highest BCUT2D eigenvalue weighted by Crippen LogP contribution is 2.21. The van der Waals surface area contributed by atoms with Crippen molar-refractivity contribution in [1.82, 2.24) is 15.1 Å². The number of rotatable bonds is 5. The monoisotopic (exact) mass is 287 g/mol. The number of amides is 3. The second-order valence-electron chi connectivity index (χ2n) is 4.73. The summed E-state index contributed by atoms with van der Waals surface area (Å²) in [5, 5.41) is 11.6. The summed E-state index contributed by atoms with van der Waals surface area (Å²) in [4.78, 5) is 37.2. The topological polar surface area (TPSA) is 99.2 Å². The standard InChI is InChI=1S/C12H21N3O5/c1-13-10(16)4-5-14(2)12(19)15-7-8(20-3)6-9(15)11(17)18/h8-9H,4-7H2,1-3H3,(H,13,16)(H,17,18). The molecule has 0 aliphatic carbocycles. The van der Waals surface area contributed by atoms with Gasteiger partial charge in [-0.3, -0.25) is 4.79 Å². The Morgan fingerprint density at radius 3 is 2.60 bits per heavy atom. The molecule has 0 saturated carbocycles. The van der Waals surface area contributed by atoms with Gasteiger partial charge < -0.3 is 25.0 Å². The van der Waals surface area contributed by atoms with Crippen LogP contribution >= 0.6 is 0 Å². The van der Waals surface area contributed by atoms with E-state index in [2.05, 4.69) is 5.32 Å². The second kappa shape index (κ2) is 7.09. The van der Waals surface area contributed by atoms with Crippen LogP contribution in [0, 0.1) is 0 Å². The highest BCUT2D eigenvalue weighted by Gasteiger charge is 2.40. The number of carboxylic acid groups (broad SMARTS) is 1. The summed E-state index contributed by atoms with van der Waals surface area (Å²) in [6, 6.07) is -1.28. The fourth-order valence-electron chi connectivity index (χ4n) is 2.12. The predicted octanol–water partition coefficient (Wildman–Crippen LogP) is -0.652. The SMILES string of the molecule is CNC(=O)CCN(C)C(=O)N1CC(OC)CC1C(=O)O. The highest BCUT2D eigenvalue weighted by molar-refractivity contribution is 5.84. The second-order valence-corrected chi connectivity index (χ2v) is 4.73. The minimum absolute atomic E-state index is 0.171. The third-order valence-electron chi connectivity index (χ3n) is 3.41. The fourth-order valence-corrected chi connectivity index (χ4v) is 2.12. The first-order chi connectivity index (χ1) is 9.40. The van der Waals surface area contributed by atoms with Gasteiger partial charge in [-0.25, -0.2) is 9.59 Å². The Bertz CT molecular complexity index is 387. The molecule has 0 spiro atoms. The van der Waals surface area contributed by atoms with Gasteiger partial charge in [0.2, 0.25) is 5.91 Å². The molecule has 1 heterocycles. The van der Waals surface area contributed by atoms with E-state index >= 15 is 0 Å². The van der Waals surface area contributed by atoms with E-state index < -0.39 is 18.0 Å². The van der Waals surface area contributed by atoms with Crippen LogP contribution in [0.25, 0.3) is 0 Å². The number of hydrogen-bond acceptors (Lipinski definition) is 4. The van der Waals surface area contributed by atoms with E-state index in [1.165, 1.54) is 24.0 Å². The molecule has 2 unspecified atom stereocenters. The van der Waals surface area contributed by atoms with E-state index in [1.54, 1.807) is 7.05 Å². The molecule has 1 rings (SSSR count). The molecule has 0 bridgehead atoms. The number of aliphatic carboxylic acids is 1. The van der Waals surface area contributed by atoms with Gasteiger partial charge in [0.25, 0.3) is 0 Å². The molecule has 1 saturated heterocycles. The third kappa shape index (κ3) is 3.83. The third-order valence-corrected chi connectivity index (χ3v) is 3.41. The molecular weight excluding hydrogens is 266 g/mol. The van der Waals surface area contributed by atoms with Crippen LogP contribution in [0.5, 0.6) is 0 Å². The molecule has 2 N–H and O–H groups in total. The van der Waals surface area contributed by atoms with Crippen molar-refractivity contribution in [2.45, 2.75) is 25.0 Å². The molecule has 8 heteroatoms. The number of carbonyl (C=O) groups is 3. The molecule has 1 aliphatic rings. The predicted molar refractivity (Wildman–Crippen MR) is 70.3 cm³/mol. The zero-order valence-corrected chi connectivity index (χ0v) is 12.0. The van der Waals surface area contributed by atoms with Crippen molar-refractivity contribution in [2.75, 3.05) is 34.3 Å². The number of nitrogens with one attached hydrogen (secondary N) is 1. The Morgan fingerprint density at radius 1 is 1.45 bits per heavy atom. The zero-order valence-electron chi connectivity index (χ0n) is 12.0. The van der Waals surface area contributed by atoms with Crippen LogP contribution in [0.1, 0.15) is 12.8 Å². The van der Waals surface area contributed by atoms with Crippen LogP contribution in [-0.4, -0.2) is 79.3 Å². The summed E-state index contributed by atoms with van der Waals surface area (Å²) in [6.45, 7) is 0.482. The summed E-state index contributed by atoms with van der Waals surface area (Å²) in [7, 11) is 4.56. The Balaban J connectivity index is 2.64. The van der Waals surface area contributed by atoms with Crippen molar-refractivity contribution in [2.24, 2.45) is 0 Å². The molecule has 0 aromatic rings. The quantitative estimate of drug-likeness (QED) is 0.700. The Morgan fingerprint density at radius 2 is 2.10 bits per heavy atom. The summed E-state index contributed by atoms with van der Waals surface area (Å²) < 4.78 is 5.13. The van der Waals surface area contributed by atoms with E-state index in [0.29, 0.717) is 0 Å². The number of ether oxygens (including phenoxy) is 1. The van der Waals surface area contributed by atoms with Crippen molar-refractivity contribution < 1.29 is 24.2 Å². The van der Waals surface area contributed by atoms with Crippen LogP contribution < -0.4 is 5.32 Å². The number of hydrogen-bond donors (Lipinski definition) is 2. The van der Waals surface area contributed by atoms with Crippen LogP contribution in [0.4, 0.5) is 4.79 Å². The first-order valence-electron chi connectivity index (χ1n) is 6.38. The summed E-state index contributed by atoms with van der Waals surface area (Å²) >= 11 is 0. The molecule has 3 amide bonds. The average molecular weight is 287 g/mol. The largest absolute Gasteiger partial charge is 0.480 e. The van der Waals surface area contributed by atoms with E-state index in [1.807, 2.05) is 0 Å². The Labute approximate surface area is 117 Å². The molecule has 114 valence electrons. The van der Waals surface area contributed by atoms with Crippen LogP contribution in [0.15, 0.2) is 0 Å². The van der Waals surface area contributed by atoms with Gasteiger partial charge in [0.05, 0.1) is 6.10 Å². The minimum Gasteiger partial charge on any atom is -0.480 e. The highest BCUT2D eigenvalue weighted by atomic mass is 16.5. The fraction of sp³-hybridized carbons (Fsp3) is 0.750. The van der Waals surface area contributed by atoms with Gasteiger partial charge in [-0.2, -0.15) is 0 Å². The van der Waals surface area contributed by atoms with Crippen LogP contribution in [-0.2, 0) is 14.3 Å². The van der Waals surface area contributed by atoms with Crippen LogP contribution in [0.3, 0.4) is 0 Å². The van der Waals surface area contributed by atoms with Crippen molar-refractivity contribution >= 4 is 17.9 Å². The van der Waals surface area contributed by atoms with Gasteiger partial charge in [-0.1, -0.05) is 0 Å². The van der Waals surface area contributed by atoms with Gasteiger partial charge in [0.15, 0.2) is 0 Å². The average Bonchev–Trinajstić information content (AvgIpc) is 2.87. The maximum Gasteiger partial charge on any atom is 0.326 e. The lowest BCUT2D eigenvalue weighted by molar-refractivity contribution is -0.141. The molecule has 1 aliphatic heterocycles. The van der Waals surface area contributed by atoms with Crippen molar-refractivity contribution in [1.29, 1.82) is 0 Å². The van der Waals surface area contributed by atoms with Gasteiger partial charge in [0.1, 0.15) is 6.04 Å². The lowest BCUT2D eigenvalue weighted by atomic mass is 10.2. The first-order valence-corrected chi connectivity index (χ1v) is 6.38. The van der Waals surface area contributed by atoms with E-state index in [-0.39, 0.29) is 37.9 Å². The molecule has 0 aromatic carbocycles. The molecule has 20 heavy (non-hydrogen) atoms. The van der Waals surface area contributed by atoms with E-state index in [4.69, 9.17) is 9.84 Å². The molecule has 0 radical (unpaired) electrons. The summed E-state index contributed by atoms with van der Waals surface area (Å²) in [5.74, 6) is -1.21. The number of carboxylic acids is 1. The zero-order chi connectivity index (χ0) is 15.3. The van der Waals surface area contributed by atoms with Crippen LogP contribution in [0.2, 0.25) is 0 Å². The van der Waals surface area contributed by atoms with E-state index in [0.717, 1.165) is 0 Å². The normalized spacial score (nSPS) is 21.6. The van der Waals surface area contributed by atoms with E-state index in [9.17, 15) is 14.4 Å². The number of carbonyl (C=O) groups excluding carboxylic acids is 2.